The van der Waals surface area contributed by atoms with Gasteiger partial charge < -0.3 is 29.7 Å². The highest BCUT2D eigenvalue weighted by Crippen LogP contribution is 2.51. The van der Waals surface area contributed by atoms with Gasteiger partial charge >= 0.3 is 5.97 Å². The van der Waals surface area contributed by atoms with Crippen molar-refractivity contribution in [2.45, 2.75) is 32.1 Å². The molecule has 2 aromatic carbocycles. The third-order valence-corrected chi connectivity index (χ3v) is 7.22. The predicted molar refractivity (Wildman–Crippen MR) is 143 cm³/mol. The molecule has 0 bridgehead atoms. The molecule has 1 fully saturated rings. The number of rotatable bonds is 8. The summed E-state index contributed by atoms with van der Waals surface area (Å²) in [7, 11) is 0. The number of carbonyl (C=O) groups excluding carboxylic acids is 1. The molecule has 8 nitrogen and oxygen atoms in total. The van der Waals surface area contributed by atoms with Crippen LogP contribution in [0.15, 0.2) is 64.7 Å². The van der Waals surface area contributed by atoms with Gasteiger partial charge in [0, 0.05) is 39.3 Å². The molecular weight excluding hydrogens is 484 g/mol. The summed E-state index contributed by atoms with van der Waals surface area (Å²) in [4.78, 5) is 32.5. The molecule has 5 aromatic rings. The zero-order valence-corrected chi connectivity index (χ0v) is 20.7. The molecule has 0 atom stereocenters. The lowest BCUT2D eigenvalue weighted by atomic mass is 9.97. The van der Waals surface area contributed by atoms with Crippen LogP contribution in [0.2, 0.25) is 0 Å². The van der Waals surface area contributed by atoms with E-state index in [4.69, 9.17) is 4.42 Å². The Kier molecular flexibility index (Phi) is 5.69. The highest BCUT2D eigenvalue weighted by molar-refractivity contribution is 6.18. The Labute approximate surface area is 217 Å². The number of allylic oxidation sites excluding steroid dienone is 1. The summed E-state index contributed by atoms with van der Waals surface area (Å²) >= 11 is 0. The quantitative estimate of drug-likeness (QED) is 0.130. The summed E-state index contributed by atoms with van der Waals surface area (Å²) in [6.45, 7) is 1.80. The number of furan rings is 1. The number of hydrogen-bond donors (Lipinski definition) is 5. The molecule has 0 aliphatic heterocycles. The number of H-pyrrole nitrogens is 2. The number of carbonyl (C=O) groups is 2. The summed E-state index contributed by atoms with van der Waals surface area (Å²) in [6.07, 6.45) is 5.93. The lowest BCUT2D eigenvalue weighted by Crippen LogP contribution is -1.99. The number of aromatic nitrogens is 2. The molecule has 38 heavy (non-hydrogen) atoms. The predicted octanol–water partition coefficient (Wildman–Crippen LogP) is 5.90. The number of nitrogens with one attached hydrogen (secondary N) is 2. The first-order valence-corrected chi connectivity index (χ1v) is 12.5. The summed E-state index contributed by atoms with van der Waals surface area (Å²) < 4.78 is 5.63. The lowest BCUT2D eigenvalue weighted by Gasteiger charge is -2.04. The zero-order valence-electron chi connectivity index (χ0n) is 20.7. The van der Waals surface area contributed by atoms with Crippen molar-refractivity contribution in [2.24, 2.45) is 0 Å². The molecule has 0 amide bonds. The number of aromatic hydroxyl groups is 1. The van der Waals surface area contributed by atoms with Crippen LogP contribution >= 0.6 is 0 Å². The molecular formula is C30H26N2O6. The molecule has 192 valence electrons. The SMILES string of the molecule is CC(=CCc1cccc2c(C(=O)c3oc(C(=O)O)c(-c4c(C5CC5)[nH]c5ccccc45)c3O)c[nH]c12)CO. The van der Waals surface area contributed by atoms with E-state index in [-0.39, 0.29) is 23.7 Å². The van der Waals surface area contributed by atoms with Gasteiger partial charge in [-0.25, -0.2) is 4.79 Å². The Morgan fingerprint density at radius 1 is 1.05 bits per heavy atom. The van der Waals surface area contributed by atoms with Crippen LogP contribution in [0.1, 0.15) is 63.6 Å². The average molecular weight is 511 g/mol. The minimum absolute atomic E-state index is 0.0188. The lowest BCUT2D eigenvalue weighted by molar-refractivity contribution is 0.0661. The molecule has 3 aromatic heterocycles. The fourth-order valence-electron chi connectivity index (χ4n) is 5.12. The van der Waals surface area contributed by atoms with Crippen LogP contribution < -0.4 is 0 Å². The molecule has 6 rings (SSSR count). The van der Waals surface area contributed by atoms with Crippen molar-refractivity contribution >= 4 is 33.6 Å². The number of aromatic carboxylic acids is 1. The van der Waals surface area contributed by atoms with E-state index in [1.807, 2.05) is 49.4 Å². The van der Waals surface area contributed by atoms with Gasteiger partial charge in [-0.05, 0) is 43.7 Å². The molecule has 3 heterocycles. The summed E-state index contributed by atoms with van der Waals surface area (Å²) in [5.74, 6) is -3.12. The molecule has 0 unspecified atom stereocenters. The van der Waals surface area contributed by atoms with Gasteiger partial charge in [-0.1, -0.05) is 48.0 Å². The number of aromatic amines is 2. The Balaban J connectivity index is 1.49. The molecule has 0 radical (unpaired) electrons. The highest BCUT2D eigenvalue weighted by atomic mass is 16.4. The number of para-hydroxylation sites is 2. The van der Waals surface area contributed by atoms with E-state index in [2.05, 4.69) is 9.97 Å². The van der Waals surface area contributed by atoms with Crippen molar-refractivity contribution in [1.82, 2.24) is 9.97 Å². The number of benzene rings is 2. The average Bonchev–Trinajstić information content (AvgIpc) is 3.42. The van der Waals surface area contributed by atoms with Crippen molar-refractivity contribution in [2.75, 3.05) is 6.61 Å². The first-order valence-electron chi connectivity index (χ1n) is 12.5. The maximum Gasteiger partial charge on any atom is 0.372 e. The Morgan fingerprint density at radius 2 is 1.82 bits per heavy atom. The standard InChI is InChI=1S/C30H26N2O6/c1-15(14-33)9-10-16-5-4-7-18-20(13-31-24(16)18)26(34)29-27(35)23(28(38-29)30(36)37)22-19-6-2-3-8-21(19)32-25(22)17-11-12-17/h2-9,13,17,31-33,35H,10-12,14H2,1H3,(H,36,37). The Hall–Kier alpha value is -4.56. The fourth-order valence-corrected chi connectivity index (χ4v) is 5.12. The molecule has 1 saturated carbocycles. The molecule has 5 N–H and O–H groups in total. The first kappa shape index (κ1) is 23.8. The van der Waals surface area contributed by atoms with Gasteiger partial charge in [0.2, 0.25) is 17.3 Å². The zero-order chi connectivity index (χ0) is 26.6. The van der Waals surface area contributed by atoms with E-state index in [1.165, 1.54) is 0 Å². The summed E-state index contributed by atoms with van der Waals surface area (Å²) in [6, 6.07) is 13.0. The van der Waals surface area contributed by atoms with Gasteiger partial charge in [-0.2, -0.15) is 0 Å². The number of carboxylic acid groups (broad SMARTS) is 1. The van der Waals surface area contributed by atoms with Crippen LogP contribution in [0.5, 0.6) is 5.75 Å². The minimum atomic E-state index is -1.37. The largest absolute Gasteiger partial charge is 0.504 e. The number of aliphatic hydroxyl groups excluding tert-OH is 1. The van der Waals surface area contributed by atoms with E-state index in [0.29, 0.717) is 17.4 Å². The summed E-state index contributed by atoms with van der Waals surface area (Å²) in [5, 5.41) is 32.0. The van der Waals surface area contributed by atoms with Crippen molar-refractivity contribution in [1.29, 1.82) is 0 Å². The van der Waals surface area contributed by atoms with Crippen LogP contribution in [-0.4, -0.2) is 43.6 Å². The normalized spacial score (nSPS) is 14.0. The molecule has 1 aliphatic rings. The van der Waals surface area contributed by atoms with Crippen LogP contribution in [0.25, 0.3) is 32.9 Å². The van der Waals surface area contributed by atoms with E-state index >= 15 is 0 Å². The van der Waals surface area contributed by atoms with Gasteiger partial charge in [0.1, 0.15) is 0 Å². The van der Waals surface area contributed by atoms with Crippen LogP contribution in [0, 0.1) is 0 Å². The van der Waals surface area contributed by atoms with E-state index in [1.54, 1.807) is 12.3 Å². The van der Waals surface area contributed by atoms with E-state index in [0.717, 1.165) is 46.1 Å². The highest BCUT2D eigenvalue weighted by Gasteiger charge is 2.36. The second-order valence-electron chi connectivity index (χ2n) is 9.81. The van der Waals surface area contributed by atoms with Gasteiger partial charge in [0.15, 0.2) is 5.75 Å². The number of ketones is 1. The number of fused-ring (bicyclic) bond motifs is 2. The maximum atomic E-state index is 13.7. The third-order valence-electron chi connectivity index (χ3n) is 7.22. The molecule has 0 saturated heterocycles. The van der Waals surface area contributed by atoms with Crippen LogP contribution in [0.3, 0.4) is 0 Å². The fraction of sp³-hybridized carbons (Fsp3) is 0.200. The van der Waals surface area contributed by atoms with Gasteiger partial charge in [0.25, 0.3) is 0 Å². The van der Waals surface area contributed by atoms with Gasteiger partial charge in [-0.3, -0.25) is 4.79 Å². The van der Waals surface area contributed by atoms with Crippen LogP contribution in [-0.2, 0) is 6.42 Å². The van der Waals surface area contributed by atoms with Gasteiger partial charge in [0.05, 0.1) is 17.7 Å². The van der Waals surface area contributed by atoms with Crippen LogP contribution in [0.4, 0.5) is 0 Å². The second kappa shape index (κ2) is 9.08. The van der Waals surface area contributed by atoms with Gasteiger partial charge in [-0.15, -0.1) is 0 Å². The Bertz CT molecular complexity index is 1760. The molecule has 1 aliphatic carbocycles. The van der Waals surface area contributed by atoms with Crippen molar-refractivity contribution < 1.29 is 29.3 Å². The van der Waals surface area contributed by atoms with Crippen molar-refractivity contribution in [3.63, 3.8) is 0 Å². The minimum Gasteiger partial charge on any atom is -0.504 e. The topological polar surface area (TPSA) is 140 Å². The monoisotopic (exact) mass is 510 g/mol. The number of carboxylic acids is 1. The van der Waals surface area contributed by atoms with Crippen molar-refractivity contribution in [3.05, 3.63) is 88.7 Å². The number of aliphatic hydroxyl groups is 1. The molecule has 0 spiro atoms. The third kappa shape index (κ3) is 3.81. The van der Waals surface area contributed by atoms with Crippen molar-refractivity contribution in [3.8, 4) is 16.9 Å². The first-order chi connectivity index (χ1) is 18.4. The smallest absolute Gasteiger partial charge is 0.372 e. The van der Waals surface area contributed by atoms with E-state index < -0.39 is 29.0 Å². The summed E-state index contributed by atoms with van der Waals surface area (Å²) in [5.41, 5.74) is 5.02. The second-order valence-corrected chi connectivity index (χ2v) is 9.81. The molecule has 8 heteroatoms. The number of hydrogen-bond acceptors (Lipinski definition) is 5. The van der Waals surface area contributed by atoms with E-state index in [9.17, 15) is 24.9 Å². The maximum absolute atomic E-state index is 13.7. The Morgan fingerprint density at radius 3 is 2.55 bits per heavy atom.